The fourth-order valence-corrected chi connectivity index (χ4v) is 2.55. The molecular formula is C19H23ClN2O2. The van der Waals surface area contributed by atoms with E-state index in [9.17, 15) is 4.79 Å². The molecule has 2 aromatic carbocycles. The lowest BCUT2D eigenvalue weighted by Crippen LogP contribution is -2.42. The quantitative estimate of drug-likeness (QED) is 0.834. The van der Waals surface area contributed by atoms with Crippen molar-refractivity contribution >= 4 is 17.5 Å². The van der Waals surface area contributed by atoms with Crippen molar-refractivity contribution < 1.29 is 9.53 Å². The van der Waals surface area contributed by atoms with Crippen molar-refractivity contribution in [1.82, 2.24) is 10.2 Å². The van der Waals surface area contributed by atoms with Gasteiger partial charge in [-0.25, -0.2) is 0 Å². The van der Waals surface area contributed by atoms with Crippen LogP contribution in [0.3, 0.4) is 0 Å². The van der Waals surface area contributed by atoms with E-state index in [-0.39, 0.29) is 11.9 Å². The SMILES string of the molecule is COc1cccc(CNC(=O)C(C)N(C)Cc2ccccc2Cl)c1. The van der Waals surface area contributed by atoms with Gasteiger partial charge in [-0.1, -0.05) is 41.9 Å². The molecule has 0 aliphatic carbocycles. The van der Waals surface area contributed by atoms with Gasteiger partial charge in [-0.15, -0.1) is 0 Å². The largest absolute Gasteiger partial charge is 0.497 e. The van der Waals surface area contributed by atoms with Crippen LogP contribution in [0.4, 0.5) is 0 Å². The maximum Gasteiger partial charge on any atom is 0.237 e. The Hall–Kier alpha value is -2.04. The van der Waals surface area contributed by atoms with E-state index in [2.05, 4.69) is 5.32 Å². The highest BCUT2D eigenvalue weighted by molar-refractivity contribution is 6.31. The van der Waals surface area contributed by atoms with Gasteiger partial charge in [0.1, 0.15) is 5.75 Å². The van der Waals surface area contributed by atoms with Crippen molar-refractivity contribution in [2.75, 3.05) is 14.2 Å². The number of hydrogen-bond donors (Lipinski definition) is 1. The first-order chi connectivity index (χ1) is 11.5. The molecule has 1 N–H and O–H groups in total. The normalized spacial score (nSPS) is 12.0. The van der Waals surface area contributed by atoms with Crippen LogP contribution < -0.4 is 10.1 Å². The minimum Gasteiger partial charge on any atom is -0.497 e. The van der Waals surface area contributed by atoms with Crippen LogP contribution in [-0.2, 0) is 17.9 Å². The summed E-state index contributed by atoms with van der Waals surface area (Å²) >= 11 is 6.18. The first-order valence-electron chi connectivity index (χ1n) is 7.85. The van der Waals surface area contributed by atoms with Gasteiger partial charge in [-0.2, -0.15) is 0 Å². The Labute approximate surface area is 148 Å². The molecule has 4 nitrogen and oxygen atoms in total. The van der Waals surface area contributed by atoms with Crippen LogP contribution in [0.5, 0.6) is 5.75 Å². The van der Waals surface area contributed by atoms with Crippen LogP contribution in [-0.4, -0.2) is 31.0 Å². The molecule has 0 saturated carbocycles. The summed E-state index contributed by atoms with van der Waals surface area (Å²) in [7, 11) is 3.54. The van der Waals surface area contributed by atoms with Crippen LogP contribution in [0.15, 0.2) is 48.5 Å². The summed E-state index contributed by atoms with van der Waals surface area (Å²) in [4.78, 5) is 14.3. The molecule has 0 bridgehead atoms. The third kappa shape index (κ3) is 4.98. The lowest BCUT2D eigenvalue weighted by atomic mass is 10.1. The molecule has 2 aromatic rings. The second-order valence-electron chi connectivity index (χ2n) is 5.75. The molecule has 0 fully saturated rings. The van der Waals surface area contributed by atoms with Gasteiger partial charge < -0.3 is 10.1 Å². The van der Waals surface area contributed by atoms with Crippen molar-refractivity contribution in [3.05, 3.63) is 64.7 Å². The third-order valence-corrected chi connectivity index (χ3v) is 4.39. The topological polar surface area (TPSA) is 41.6 Å². The Bertz CT molecular complexity index is 691. The lowest BCUT2D eigenvalue weighted by molar-refractivity contribution is -0.125. The maximum absolute atomic E-state index is 12.4. The van der Waals surface area contributed by atoms with Crippen molar-refractivity contribution in [2.45, 2.75) is 26.1 Å². The predicted octanol–water partition coefficient (Wildman–Crippen LogP) is 3.49. The highest BCUT2D eigenvalue weighted by Crippen LogP contribution is 2.17. The number of ether oxygens (including phenoxy) is 1. The highest BCUT2D eigenvalue weighted by atomic mass is 35.5. The molecule has 0 heterocycles. The molecule has 0 radical (unpaired) electrons. The molecule has 0 aliphatic heterocycles. The fourth-order valence-electron chi connectivity index (χ4n) is 2.35. The van der Waals surface area contributed by atoms with Gasteiger partial charge in [-0.3, -0.25) is 9.69 Å². The number of amides is 1. The zero-order chi connectivity index (χ0) is 17.5. The van der Waals surface area contributed by atoms with Crippen LogP contribution in [0, 0.1) is 0 Å². The fraction of sp³-hybridized carbons (Fsp3) is 0.316. The van der Waals surface area contributed by atoms with Crippen LogP contribution >= 0.6 is 11.6 Å². The number of carbonyl (C=O) groups excluding carboxylic acids is 1. The summed E-state index contributed by atoms with van der Waals surface area (Å²) < 4.78 is 5.19. The van der Waals surface area contributed by atoms with Crippen molar-refractivity contribution in [1.29, 1.82) is 0 Å². The van der Waals surface area contributed by atoms with Gasteiger partial charge in [0.05, 0.1) is 13.2 Å². The van der Waals surface area contributed by atoms with E-state index in [1.807, 2.05) is 67.4 Å². The first kappa shape index (κ1) is 18.3. The van der Waals surface area contributed by atoms with Crippen LogP contribution in [0.1, 0.15) is 18.1 Å². The molecule has 2 rings (SSSR count). The molecule has 1 amide bonds. The summed E-state index contributed by atoms with van der Waals surface area (Å²) in [5.41, 5.74) is 2.01. The number of nitrogens with one attached hydrogen (secondary N) is 1. The van der Waals surface area contributed by atoms with Crippen molar-refractivity contribution in [2.24, 2.45) is 0 Å². The molecule has 1 atom stereocenters. The maximum atomic E-state index is 12.4. The zero-order valence-electron chi connectivity index (χ0n) is 14.3. The Kier molecular flexibility index (Phi) is 6.64. The summed E-state index contributed by atoms with van der Waals surface area (Å²) in [6.45, 7) is 2.98. The van der Waals surface area contributed by atoms with Gasteiger partial charge in [0.25, 0.3) is 0 Å². The van der Waals surface area contributed by atoms with E-state index in [1.165, 1.54) is 0 Å². The Morgan fingerprint density at radius 2 is 2.00 bits per heavy atom. The monoisotopic (exact) mass is 346 g/mol. The summed E-state index contributed by atoms with van der Waals surface area (Å²) in [5.74, 6) is 0.762. The van der Waals surface area contributed by atoms with Crippen LogP contribution in [0.2, 0.25) is 5.02 Å². The molecular weight excluding hydrogens is 324 g/mol. The molecule has 24 heavy (non-hydrogen) atoms. The molecule has 1 unspecified atom stereocenters. The van der Waals surface area contributed by atoms with Crippen LogP contribution in [0.25, 0.3) is 0 Å². The average molecular weight is 347 g/mol. The van der Waals surface area contributed by atoms with Crippen molar-refractivity contribution in [3.63, 3.8) is 0 Å². The predicted molar refractivity (Wildman–Crippen MR) is 97.2 cm³/mol. The van der Waals surface area contributed by atoms with E-state index < -0.39 is 0 Å². The van der Waals surface area contributed by atoms with Gasteiger partial charge in [0.15, 0.2) is 0 Å². The number of carbonyl (C=O) groups is 1. The van der Waals surface area contributed by atoms with Crippen molar-refractivity contribution in [3.8, 4) is 5.75 Å². The third-order valence-electron chi connectivity index (χ3n) is 4.02. The standard InChI is InChI=1S/C19H23ClN2O2/c1-14(22(2)13-16-8-4-5-10-18(16)20)19(23)21-12-15-7-6-9-17(11-15)24-3/h4-11,14H,12-13H2,1-3H3,(H,21,23). The molecule has 0 spiro atoms. The summed E-state index contributed by atoms with van der Waals surface area (Å²) in [6.07, 6.45) is 0. The highest BCUT2D eigenvalue weighted by Gasteiger charge is 2.18. The molecule has 5 heteroatoms. The van der Waals surface area contributed by atoms with E-state index in [1.54, 1.807) is 7.11 Å². The first-order valence-corrected chi connectivity index (χ1v) is 8.23. The molecule has 0 aromatic heterocycles. The van der Waals surface area contributed by atoms with E-state index in [0.29, 0.717) is 18.1 Å². The molecule has 0 aliphatic rings. The van der Waals surface area contributed by atoms with E-state index >= 15 is 0 Å². The number of likely N-dealkylation sites (N-methyl/N-ethyl adjacent to an activating group) is 1. The second-order valence-corrected chi connectivity index (χ2v) is 6.16. The van der Waals surface area contributed by atoms with E-state index in [4.69, 9.17) is 16.3 Å². The Balaban J connectivity index is 1.90. The van der Waals surface area contributed by atoms with Gasteiger partial charge in [0, 0.05) is 18.1 Å². The second kappa shape index (κ2) is 8.71. The number of nitrogens with zero attached hydrogens (tertiary/aromatic N) is 1. The average Bonchev–Trinajstić information content (AvgIpc) is 2.61. The number of rotatable bonds is 7. The summed E-state index contributed by atoms with van der Waals surface area (Å²) in [5, 5.41) is 3.68. The number of benzene rings is 2. The minimum absolute atomic E-state index is 0.0210. The van der Waals surface area contributed by atoms with Gasteiger partial charge in [-0.05, 0) is 43.3 Å². The molecule has 128 valence electrons. The Morgan fingerprint density at radius 1 is 1.25 bits per heavy atom. The minimum atomic E-state index is -0.258. The van der Waals surface area contributed by atoms with Gasteiger partial charge in [0.2, 0.25) is 5.91 Å². The Morgan fingerprint density at radius 3 is 2.71 bits per heavy atom. The lowest BCUT2D eigenvalue weighted by Gasteiger charge is -2.24. The zero-order valence-corrected chi connectivity index (χ0v) is 15.0. The summed E-state index contributed by atoms with van der Waals surface area (Å²) in [6, 6.07) is 15.1. The van der Waals surface area contributed by atoms with Gasteiger partial charge >= 0.3 is 0 Å². The van der Waals surface area contributed by atoms with E-state index in [0.717, 1.165) is 16.9 Å². The number of halogens is 1. The molecule has 0 saturated heterocycles. The smallest absolute Gasteiger partial charge is 0.237 e. The number of methoxy groups -OCH3 is 1. The number of hydrogen-bond acceptors (Lipinski definition) is 3.